The minimum absolute atomic E-state index is 0.222. The van der Waals surface area contributed by atoms with E-state index in [-0.39, 0.29) is 5.29 Å². The van der Waals surface area contributed by atoms with Crippen LogP contribution in [-0.4, -0.2) is 11.6 Å². The van der Waals surface area contributed by atoms with Gasteiger partial charge in [-0.15, -0.1) is 0 Å². The SMILES string of the molecule is ClC1=NC=NC(Cl)(c2cccc(-c3ccccc3)c2)N1. The van der Waals surface area contributed by atoms with Gasteiger partial charge in [0.1, 0.15) is 6.34 Å². The lowest BCUT2D eigenvalue weighted by Gasteiger charge is -2.26. The summed E-state index contributed by atoms with van der Waals surface area (Å²) in [5, 5.41) is 1.99. The molecule has 0 radical (unpaired) electrons. The van der Waals surface area contributed by atoms with Crippen molar-refractivity contribution in [3.05, 3.63) is 60.2 Å². The Balaban J connectivity index is 2.00. The fraction of sp³-hybridized carbons (Fsp3) is 0.0667. The normalized spacial score (nSPS) is 21.2. The number of alkyl halides is 1. The van der Waals surface area contributed by atoms with Crippen molar-refractivity contribution in [3.8, 4) is 11.1 Å². The van der Waals surface area contributed by atoms with Gasteiger partial charge in [-0.2, -0.15) is 0 Å². The van der Waals surface area contributed by atoms with E-state index in [0.717, 1.165) is 16.7 Å². The van der Waals surface area contributed by atoms with E-state index in [4.69, 9.17) is 23.2 Å². The van der Waals surface area contributed by atoms with Crippen LogP contribution in [0.2, 0.25) is 0 Å². The van der Waals surface area contributed by atoms with Crippen LogP contribution in [0.15, 0.2) is 64.6 Å². The zero-order chi connectivity index (χ0) is 14.0. The Morgan fingerprint density at radius 3 is 2.45 bits per heavy atom. The van der Waals surface area contributed by atoms with Gasteiger partial charge in [-0.1, -0.05) is 60.1 Å². The molecular formula is C15H11Cl2N3. The second kappa shape index (κ2) is 5.27. The van der Waals surface area contributed by atoms with E-state index in [1.54, 1.807) is 0 Å². The number of halogens is 2. The highest BCUT2D eigenvalue weighted by Gasteiger charge is 2.31. The van der Waals surface area contributed by atoms with Crippen LogP contribution in [0.3, 0.4) is 0 Å². The molecule has 0 fully saturated rings. The molecule has 1 N–H and O–H groups in total. The van der Waals surface area contributed by atoms with Crippen LogP contribution >= 0.6 is 23.2 Å². The van der Waals surface area contributed by atoms with Gasteiger partial charge in [0, 0.05) is 5.56 Å². The van der Waals surface area contributed by atoms with E-state index >= 15 is 0 Å². The van der Waals surface area contributed by atoms with Gasteiger partial charge in [0.25, 0.3) is 0 Å². The zero-order valence-electron chi connectivity index (χ0n) is 10.4. The van der Waals surface area contributed by atoms with Crippen LogP contribution in [-0.2, 0) is 5.12 Å². The molecule has 0 saturated carbocycles. The summed E-state index contributed by atoms with van der Waals surface area (Å²) < 4.78 is 0. The summed E-state index contributed by atoms with van der Waals surface area (Å²) in [7, 11) is 0. The molecule has 0 aliphatic carbocycles. The number of hydrogen-bond acceptors (Lipinski definition) is 3. The molecule has 1 aliphatic rings. The predicted octanol–water partition coefficient (Wildman–Crippen LogP) is 3.93. The van der Waals surface area contributed by atoms with Crippen molar-refractivity contribution in [2.45, 2.75) is 5.12 Å². The van der Waals surface area contributed by atoms with E-state index in [9.17, 15) is 0 Å². The third kappa shape index (κ3) is 2.55. The third-order valence-corrected chi connectivity index (χ3v) is 3.63. The molecule has 100 valence electrons. The zero-order valence-corrected chi connectivity index (χ0v) is 11.9. The van der Waals surface area contributed by atoms with Crippen LogP contribution in [0.1, 0.15) is 5.56 Å². The molecule has 3 nitrogen and oxygen atoms in total. The lowest BCUT2D eigenvalue weighted by atomic mass is 10.0. The molecule has 0 amide bonds. The monoisotopic (exact) mass is 303 g/mol. The lowest BCUT2D eigenvalue weighted by Crippen LogP contribution is -2.40. The first-order valence-electron chi connectivity index (χ1n) is 6.07. The first kappa shape index (κ1) is 13.2. The Bertz CT molecular complexity index is 683. The maximum atomic E-state index is 6.48. The summed E-state index contributed by atoms with van der Waals surface area (Å²) in [6, 6.07) is 17.9. The van der Waals surface area contributed by atoms with Crippen molar-refractivity contribution in [2.75, 3.05) is 0 Å². The molecule has 20 heavy (non-hydrogen) atoms. The highest BCUT2D eigenvalue weighted by atomic mass is 35.5. The fourth-order valence-corrected chi connectivity index (χ4v) is 2.52. The van der Waals surface area contributed by atoms with Gasteiger partial charge < -0.3 is 5.32 Å². The number of hydrogen-bond donors (Lipinski definition) is 1. The summed E-state index contributed by atoms with van der Waals surface area (Å²) in [5.41, 5.74) is 3.00. The van der Waals surface area contributed by atoms with Gasteiger partial charge in [-0.05, 0) is 28.8 Å². The molecule has 5 heteroatoms. The van der Waals surface area contributed by atoms with Crippen LogP contribution in [0.4, 0.5) is 0 Å². The highest BCUT2D eigenvalue weighted by Crippen LogP contribution is 2.32. The Morgan fingerprint density at radius 1 is 0.950 bits per heavy atom. The summed E-state index contributed by atoms with van der Waals surface area (Å²) in [5.74, 6) is 0. The number of nitrogens with zero attached hydrogens (tertiary/aromatic N) is 2. The third-order valence-electron chi connectivity index (χ3n) is 3.03. The number of amidine groups is 1. The number of nitrogens with one attached hydrogen (secondary N) is 1. The molecule has 0 spiro atoms. The molecule has 1 aliphatic heterocycles. The maximum absolute atomic E-state index is 6.48. The van der Waals surface area contributed by atoms with Gasteiger partial charge in [-0.3, -0.25) is 0 Å². The van der Waals surface area contributed by atoms with E-state index in [1.165, 1.54) is 6.34 Å². The van der Waals surface area contributed by atoms with Crippen LogP contribution < -0.4 is 5.32 Å². The quantitative estimate of drug-likeness (QED) is 0.662. The number of benzene rings is 2. The summed E-state index contributed by atoms with van der Waals surface area (Å²) >= 11 is 12.4. The maximum Gasteiger partial charge on any atom is 0.236 e. The van der Waals surface area contributed by atoms with Crippen molar-refractivity contribution in [1.82, 2.24) is 5.32 Å². The molecule has 0 aromatic heterocycles. The van der Waals surface area contributed by atoms with Crippen molar-refractivity contribution in [3.63, 3.8) is 0 Å². The summed E-state index contributed by atoms with van der Waals surface area (Å²) in [6.45, 7) is 0. The smallest absolute Gasteiger partial charge is 0.236 e. The Hall–Kier alpha value is -1.84. The first-order chi connectivity index (χ1) is 9.67. The van der Waals surface area contributed by atoms with Crippen LogP contribution in [0, 0.1) is 0 Å². The highest BCUT2D eigenvalue weighted by molar-refractivity contribution is 6.65. The Morgan fingerprint density at radius 2 is 1.70 bits per heavy atom. The van der Waals surface area contributed by atoms with E-state index in [2.05, 4.69) is 15.3 Å². The van der Waals surface area contributed by atoms with Crippen molar-refractivity contribution in [1.29, 1.82) is 0 Å². The van der Waals surface area contributed by atoms with Gasteiger partial charge in [0.05, 0.1) is 0 Å². The van der Waals surface area contributed by atoms with E-state index < -0.39 is 5.12 Å². The largest absolute Gasteiger partial charge is 0.320 e. The van der Waals surface area contributed by atoms with Gasteiger partial charge in [0.2, 0.25) is 5.12 Å². The predicted molar refractivity (Wildman–Crippen MR) is 84.3 cm³/mol. The average molecular weight is 304 g/mol. The molecule has 1 atom stereocenters. The number of rotatable bonds is 2. The van der Waals surface area contributed by atoms with E-state index in [0.29, 0.717) is 0 Å². The molecule has 1 heterocycles. The summed E-state index contributed by atoms with van der Waals surface area (Å²) in [6.07, 6.45) is 1.36. The molecule has 0 saturated heterocycles. The van der Waals surface area contributed by atoms with Gasteiger partial charge in [0.15, 0.2) is 5.29 Å². The molecule has 2 aromatic rings. The van der Waals surface area contributed by atoms with E-state index in [1.807, 2.05) is 54.6 Å². The minimum Gasteiger partial charge on any atom is -0.320 e. The molecule has 1 unspecified atom stereocenters. The number of aliphatic imine (C=N–C) groups is 2. The standard InChI is InChI=1S/C15H11Cl2N3/c16-14-18-10-19-15(17,20-14)13-8-4-7-12(9-13)11-5-2-1-3-6-11/h1-10H,(H,18,19,20). The van der Waals surface area contributed by atoms with Crippen molar-refractivity contribution >= 4 is 34.8 Å². The second-order valence-corrected chi connectivity index (χ2v) is 5.26. The van der Waals surface area contributed by atoms with Crippen LogP contribution in [0.25, 0.3) is 11.1 Å². The Kier molecular flexibility index (Phi) is 3.47. The lowest BCUT2D eigenvalue weighted by molar-refractivity contribution is 0.601. The minimum atomic E-state index is -1.11. The topological polar surface area (TPSA) is 36.8 Å². The second-order valence-electron chi connectivity index (χ2n) is 4.36. The van der Waals surface area contributed by atoms with Crippen LogP contribution in [0.5, 0.6) is 0 Å². The molecule has 3 rings (SSSR count). The van der Waals surface area contributed by atoms with Gasteiger partial charge >= 0.3 is 0 Å². The molecular weight excluding hydrogens is 293 g/mol. The first-order valence-corrected chi connectivity index (χ1v) is 6.83. The fourth-order valence-electron chi connectivity index (χ4n) is 2.04. The molecule has 2 aromatic carbocycles. The van der Waals surface area contributed by atoms with Gasteiger partial charge in [-0.25, -0.2) is 9.98 Å². The van der Waals surface area contributed by atoms with Crippen molar-refractivity contribution < 1.29 is 0 Å². The summed E-state index contributed by atoms with van der Waals surface area (Å²) in [4.78, 5) is 8.00. The van der Waals surface area contributed by atoms with Crippen molar-refractivity contribution in [2.24, 2.45) is 9.98 Å². The average Bonchev–Trinajstić information content (AvgIpc) is 2.48. The Labute approximate surface area is 127 Å². The molecule has 0 bridgehead atoms.